The number of rotatable bonds is 4. The van der Waals surface area contributed by atoms with Gasteiger partial charge in [-0.2, -0.15) is 0 Å². The Labute approximate surface area is 146 Å². The van der Waals surface area contributed by atoms with E-state index in [1.54, 1.807) is 7.11 Å². The number of benzene rings is 2. The molecule has 3 aromatic rings. The van der Waals surface area contributed by atoms with Crippen molar-refractivity contribution < 1.29 is 9.53 Å². The topological polar surface area (TPSA) is 57.4 Å². The third kappa shape index (κ3) is 3.18. The number of carbonyl (C=O) groups excluding carboxylic acids is 1. The summed E-state index contributed by atoms with van der Waals surface area (Å²) in [6, 6.07) is 15.6. The monoisotopic (exact) mass is 335 g/mol. The number of ether oxygens (including phenoxy) is 1. The minimum absolute atomic E-state index is 0.149. The molecule has 2 aromatic carbocycles. The molecule has 5 heteroatoms. The summed E-state index contributed by atoms with van der Waals surface area (Å²) < 4.78 is 5.22. The minimum Gasteiger partial charge on any atom is -0.497 e. The number of aromatic amines is 1. The van der Waals surface area contributed by atoms with Crippen LogP contribution in [0, 0.1) is 0 Å². The number of amides is 1. The molecule has 1 amide bonds. The van der Waals surface area contributed by atoms with Crippen LogP contribution in [-0.2, 0) is 0 Å². The van der Waals surface area contributed by atoms with Crippen molar-refractivity contribution in [1.29, 1.82) is 0 Å². The smallest absolute Gasteiger partial charge is 0.272 e. The summed E-state index contributed by atoms with van der Waals surface area (Å²) in [7, 11) is 1.63. The zero-order valence-corrected chi connectivity index (χ0v) is 14.2. The Bertz CT molecular complexity index is 893. The molecule has 1 saturated heterocycles. The SMILES string of the molecule is COc1ccc2[nH]c(C(=O)Nc3ccc(N4CCCC4)cc3)cc2c1. The summed E-state index contributed by atoms with van der Waals surface area (Å²) in [5, 5.41) is 3.90. The molecule has 1 aliphatic rings. The molecule has 4 rings (SSSR count). The Morgan fingerprint density at radius 3 is 2.56 bits per heavy atom. The molecule has 0 unspecified atom stereocenters. The van der Waals surface area contributed by atoms with Crippen LogP contribution in [0.4, 0.5) is 11.4 Å². The first kappa shape index (κ1) is 15.6. The van der Waals surface area contributed by atoms with Gasteiger partial charge in [0.1, 0.15) is 11.4 Å². The van der Waals surface area contributed by atoms with Gasteiger partial charge in [-0.1, -0.05) is 0 Å². The van der Waals surface area contributed by atoms with Gasteiger partial charge in [0.2, 0.25) is 0 Å². The zero-order valence-electron chi connectivity index (χ0n) is 14.2. The molecule has 0 saturated carbocycles. The Hall–Kier alpha value is -2.95. The predicted molar refractivity (Wildman–Crippen MR) is 101 cm³/mol. The van der Waals surface area contributed by atoms with E-state index in [9.17, 15) is 4.79 Å². The maximum absolute atomic E-state index is 12.5. The van der Waals surface area contributed by atoms with Crippen molar-refractivity contribution in [2.75, 3.05) is 30.4 Å². The van der Waals surface area contributed by atoms with Crippen LogP contribution in [0.2, 0.25) is 0 Å². The van der Waals surface area contributed by atoms with Crippen molar-refractivity contribution in [3.8, 4) is 5.75 Å². The molecule has 0 radical (unpaired) electrons. The van der Waals surface area contributed by atoms with Gasteiger partial charge in [0.25, 0.3) is 5.91 Å². The van der Waals surface area contributed by atoms with Gasteiger partial charge >= 0.3 is 0 Å². The maximum Gasteiger partial charge on any atom is 0.272 e. The highest BCUT2D eigenvalue weighted by Crippen LogP contribution is 2.24. The largest absolute Gasteiger partial charge is 0.497 e. The molecule has 1 aromatic heterocycles. The van der Waals surface area contributed by atoms with Gasteiger partial charge < -0.3 is 19.9 Å². The number of anilines is 2. The fourth-order valence-corrected chi connectivity index (χ4v) is 3.29. The first-order valence-electron chi connectivity index (χ1n) is 8.56. The predicted octanol–water partition coefficient (Wildman–Crippen LogP) is 4.03. The third-order valence-corrected chi connectivity index (χ3v) is 4.67. The number of nitrogens with one attached hydrogen (secondary N) is 2. The Morgan fingerprint density at radius 2 is 1.84 bits per heavy atom. The van der Waals surface area contributed by atoms with Crippen molar-refractivity contribution in [2.45, 2.75) is 12.8 Å². The van der Waals surface area contributed by atoms with E-state index in [1.165, 1.54) is 18.5 Å². The molecule has 0 atom stereocenters. The molecule has 1 aliphatic heterocycles. The van der Waals surface area contributed by atoms with Gasteiger partial charge in [-0.05, 0) is 61.4 Å². The van der Waals surface area contributed by atoms with E-state index in [0.29, 0.717) is 5.69 Å². The molecule has 2 N–H and O–H groups in total. The van der Waals surface area contributed by atoms with Crippen LogP contribution in [-0.4, -0.2) is 31.1 Å². The quantitative estimate of drug-likeness (QED) is 0.757. The van der Waals surface area contributed by atoms with Gasteiger partial charge in [-0.15, -0.1) is 0 Å². The van der Waals surface area contributed by atoms with Crippen molar-refractivity contribution >= 4 is 28.2 Å². The zero-order chi connectivity index (χ0) is 17.2. The van der Waals surface area contributed by atoms with E-state index >= 15 is 0 Å². The number of methoxy groups -OCH3 is 1. The summed E-state index contributed by atoms with van der Waals surface area (Å²) in [5.74, 6) is 0.625. The molecular formula is C20H21N3O2. The first-order valence-corrected chi connectivity index (χ1v) is 8.56. The van der Waals surface area contributed by atoms with Gasteiger partial charge in [0.05, 0.1) is 7.11 Å². The maximum atomic E-state index is 12.5. The molecule has 0 spiro atoms. The Balaban J connectivity index is 1.49. The van der Waals surface area contributed by atoms with Crippen molar-refractivity contribution in [3.63, 3.8) is 0 Å². The molecule has 5 nitrogen and oxygen atoms in total. The number of hydrogen-bond donors (Lipinski definition) is 2. The van der Waals surface area contributed by atoms with Gasteiger partial charge in [-0.25, -0.2) is 0 Å². The van der Waals surface area contributed by atoms with Gasteiger partial charge in [-0.3, -0.25) is 4.79 Å². The van der Waals surface area contributed by atoms with Crippen molar-refractivity contribution in [1.82, 2.24) is 4.98 Å². The molecule has 0 bridgehead atoms. The Kier molecular flexibility index (Phi) is 4.06. The lowest BCUT2D eigenvalue weighted by Crippen LogP contribution is -2.17. The molecule has 2 heterocycles. The van der Waals surface area contributed by atoms with E-state index < -0.39 is 0 Å². The standard InChI is InChI=1S/C20H21N3O2/c1-25-17-8-9-18-14(12-17)13-19(22-18)20(24)21-15-4-6-16(7-5-15)23-10-2-3-11-23/h4-9,12-13,22H,2-3,10-11H2,1H3,(H,21,24). The van der Waals surface area contributed by atoms with E-state index in [1.807, 2.05) is 36.4 Å². The van der Waals surface area contributed by atoms with E-state index in [2.05, 4.69) is 27.3 Å². The number of H-pyrrole nitrogens is 1. The fourth-order valence-electron chi connectivity index (χ4n) is 3.29. The van der Waals surface area contributed by atoms with Gasteiger partial charge in [0, 0.05) is 35.4 Å². The fraction of sp³-hybridized carbons (Fsp3) is 0.250. The van der Waals surface area contributed by atoms with Crippen LogP contribution >= 0.6 is 0 Å². The average molecular weight is 335 g/mol. The normalized spacial score (nSPS) is 14.0. The first-order chi connectivity index (χ1) is 12.2. The molecule has 25 heavy (non-hydrogen) atoms. The van der Waals surface area contributed by atoms with Crippen molar-refractivity contribution in [3.05, 3.63) is 54.2 Å². The number of aromatic nitrogens is 1. The van der Waals surface area contributed by atoms with Crippen molar-refractivity contribution in [2.24, 2.45) is 0 Å². The highest BCUT2D eigenvalue weighted by Gasteiger charge is 2.13. The number of fused-ring (bicyclic) bond motifs is 1. The van der Waals surface area contributed by atoms with Crippen LogP contribution in [0.5, 0.6) is 5.75 Å². The summed E-state index contributed by atoms with van der Waals surface area (Å²) >= 11 is 0. The second-order valence-corrected chi connectivity index (χ2v) is 6.33. The third-order valence-electron chi connectivity index (χ3n) is 4.67. The molecule has 128 valence electrons. The van der Waals surface area contributed by atoms with Crippen LogP contribution in [0.3, 0.4) is 0 Å². The van der Waals surface area contributed by atoms with E-state index in [0.717, 1.165) is 35.4 Å². The van der Waals surface area contributed by atoms with Gasteiger partial charge in [0.15, 0.2) is 0 Å². The number of carbonyl (C=O) groups is 1. The number of nitrogens with zero attached hydrogens (tertiary/aromatic N) is 1. The second kappa shape index (κ2) is 6.51. The summed E-state index contributed by atoms with van der Waals surface area (Å²) in [6.07, 6.45) is 2.51. The highest BCUT2D eigenvalue weighted by atomic mass is 16.5. The molecular weight excluding hydrogens is 314 g/mol. The summed E-state index contributed by atoms with van der Waals surface area (Å²) in [6.45, 7) is 2.23. The lowest BCUT2D eigenvalue weighted by molar-refractivity contribution is 0.102. The lowest BCUT2D eigenvalue weighted by atomic mass is 10.2. The molecule has 1 fully saturated rings. The van der Waals surface area contributed by atoms with Crippen LogP contribution < -0.4 is 15.0 Å². The minimum atomic E-state index is -0.149. The lowest BCUT2D eigenvalue weighted by Gasteiger charge is -2.17. The second-order valence-electron chi connectivity index (χ2n) is 6.33. The summed E-state index contributed by atoms with van der Waals surface area (Å²) in [5.41, 5.74) is 3.46. The molecule has 0 aliphatic carbocycles. The Morgan fingerprint density at radius 1 is 1.08 bits per heavy atom. The van der Waals surface area contributed by atoms with Crippen LogP contribution in [0.15, 0.2) is 48.5 Å². The highest BCUT2D eigenvalue weighted by molar-refractivity contribution is 6.06. The summed E-state index contributed by atoms with van der Waals surface area (Å²) in [4.78, 5) is 18.0. The van der Waals surface area contributed by atoms with Crippen LogP contribution in [0.25, 0.3) is 10.9 Å². The van der Waals surface area contributed by atoms with Crippen LogP contribution in [0.1, 0.15) is 23.3 Å². The van der Waals surface area contributed by atoms with E-state index in [-0.39, 0.29) is 5.91 Å². The number of hydrogen-bond acceptors (Lipinski definition) is 3. The average Bonchev–Trinajstić information content (AvgIpc) is 3.31. The van der Waals surface area contributed by atoms with E-state index in [4.69, 9.17) is 4.74 Å².